The second-order valence-electron chi connectivity index (χ2n) is 6.39. The molecule has 3 rings (SSSR count). The summed E-state index contributed by atoms with van der Waals surface area (Å²) in [6, 6.07) is 0.477. The van der Waals surface area contributed by atoms with Gasteiger partial charge in [-0.3, -0.25) is 14.6 Å². The Morgan fingerprint density at radius 2 is 2.17 bits per heavy atom. The molecule has 3 heterocycles. The fourth-order valence-electron chi connectivity index (χ4n) is 3.68. The van der Waals surface area contributed by atoms with Crippen molar-refractivity contribution in [1.29, 1.82) is 0 Å². The molecule has 128 valence electrons. The summed E-state index contributed by atoms with van der Waals surface area (Å²) >= 11 is 0. The third kappa shape index (κ3) is 3.90. The number of esters is 1. The van der Waals surface area contributed by atoms with Crippen LogP contribution in [0, 0.1) is 6.92 Å². The average molecular weight is 322 g/mol. The van der Waals surface area contributed by atoms with Gasteiger partial charge in [0.2, 0.25) is 5.89 Å². The van der Waals surface area contributed by atoms with Gasteiger partial charge in [0.25, 0.3) is 0 Å². The largest absolute Gasteiger partial charge is 0.464 e. The maximum Gasteiger partial charge on any atom is 0.323 e. The molecule has 2 atom stereocenters. The molecule has 7 nitrogen and oxygen atoms in total. The Bertz CT molecular complexity index is 533. The summed E-state index contributed by atoms with van der Waals surface area (Å²) in [4.78, 5) is 20.8. The second kappa shape index (κ2) is 7.40. The highest BCUT2D eigenvalue weighted by Gasteiger charge is 2.34. The number of hydrogen-bond donors (Lipinski definition) is 0. The maximum atomic E-state index is 11.8. The Morgan fingerprint density at radius 3 is 2.83 bits per heavy atom. The lowest BCUT2D eigenvalue weighted by Gasteiger charge is -2.29. The number of cyclic esters (lactones) is 1. The fourth-order valence-corrected chi connectivity index (χ4v) is 3.68. The molecule has 0 amide bonds. The van der Waals surface area contributed by atoms with Gasteiger partial charge in [0.1, 0.15) is 6.04 Å². The second-order valence-corrected chi connectivity index (χ2v) is 6.39. The molecular formula is C16H26N4O3. The van der Waals surface area contributed by atoms with E-state index >= 15 is 0 Å². The minimum absolute atomic E-state index is 0.0244. The van der Waals surface area contributed by atoms with Gasteiger partial charge in [0.15, 0.2) is 5.82 Å². The normalized spacial score (nSPS) is 26.5. The van der Waals surface area contributed by atoms with E-state index in [0.29, 0.717) is 18.5 Å². The highest BCUT2D eigenvalue weighted by atomic mass is 16.5. The quantitative estimate of drug-likeness (QED) is 0.758. The lowest BCUT2D eigenvalue weighted by Crippen LogP contribution is -2.40. The highest BCUT2D eigenvalue weighted by Crippen LogP contribution is 2.22. The molecule has 0 saturated carbocycles. The molecule has 1 aromatic heterocycles. The van der Waals surface area contributed by atoms with Crippen LogP contribution in [0.2, 0.25) is 0 Å². The molecule has 2 aliphatic rings. The first-order chi connectivity index (χ1) is 11.2. The molecule has 23 heavy (non-hydrogen) atoms. The fraction of sp³-hybridized carbons (Fsp3) is 0.812. The minimum Gasteiger partial charge on any atom is -0.464 e. The van der Waals surface area contributed by atoms with Gasteiger partial charge in [-0.05, 0) is 32.4 Å². The minimum atomic E-state index is -0.0435. The van der Waals surface area contributed by atoms with Crippen LogP contribution in [0.4, 0.5) is 0 Å². The van der Waals surface area contributed by atoms with Crippen molar-refractivity contribution in [3.05, 3.63) is 11.7 Å². The molecule has 0 N–H and O–H groups in total. The summed E-state index contributed by atoms with van der Waals surface area (Å²) in [6.07, 6.45) is 4.15. The molecule has 2 fully saturated rings. The van der Waals surface area contributed by atoms with Crippen LogP contribution < -0.4 is 0 Å². The third-order valence-electron chi connectivity index (χ3n) is 4.92. The summed E-state index contributed by atoms with van der Waals surface area (Å²) in [5.74, 6) is 1.32. The summed E-state index contributed by atoms with van der Waals surface area (Å²) in [7, 11) is 0. The Labute approximate surface area is 137 Å². The number of aryl methyl sites for hydroxylation is 1. The number of nitrogens with zero attached hydrogens (tertiary/aromatic N) is 4. The van der Waals surface area contributed by atoms with Gasteiger partial charge in [-0.1, -0.05) is 12.1 Å². The van der Waals surface area contributed by atoms with E-state index in [1.165, 1.54) is 0 Å². The van der Waals surface area contributed by atoms with Crippen LogP contribution in [0.25, 0.3) is 0 Å². The number of ether oxygens (including phenoxy) is 1. The van der Waals surface area contributed by atoms with Crippen LogP contribution in [0.5, 0.6) is 0 Å². The van der Waals surface area contributed by atoms with E-state index < -0.39 is 0 Å². The van der Waals surface area contributed by atoms with Crippen LogP contribution in [0.1, 0.15) is 44.3 Å². The van der Waals surface area contributed by atoms with Crippen molar-refractivity contribution in [2.24, 2.45) is 0 Å². The zero-order valence-corrected chi connectivity index (χ0v) is 14.0. The molecule has 2 aliphatic heterocycles. The van der Waals surface area contributed by atoms with E-state index in [0.717, 1.165) is 57.7 Å². The molecule has 2 unspecified atom stereocenters. The summed E-state index contributed by atoms with van der Waals surface area (Å²) in [5, 5.41) is 4.01. The van der Waals surface area contributed by atoms with E-state index in [-0.39, 0.29) is 12.0 Å². The van der Waals surface area contributed by atoms with Crippen LogP contribution in [-0.4, -0.2) is 64.2 Å². The Hall–Kier alpha value is -1.47. The molecule has 0 bridgehead atoms. The van der Waals surface area contributed by atoms with Crippen molar-refractivity contribution in [2.45, 2.75) is 58.2 Å². The Kier molecular flexibility index (Phi) is 5.27. The van der Waals surface area contributed by atoms with E-state index in [2.05, 4.69) is 26.9 Å². The van der Waals surface area contributed by atoms with Gasteiger partial charge in [0, 0.05) is 25.9 Å². The molecular weight excluding hydrogens is 296 g/mol. The lowest BCUT2D eigenvalue weighted by molar-refractivity contribution is -0.142. The summed E-state index contributed by atoms with van der Waals surface area (Å²) in [6.45, 7) is 8.18. The van der Waals surface area contributed by atoms with Crippen LogP contribution in [-0.2, 0) is 16.1 Å². The van der Waals surface area contributed by atoms with Crippen molar-refractivity contribution in [3.63, 3.8) is 0 Å². The van der Waals surface area contributed by atoms with Gasteiger partial charge < -0.3 is 9.26 Å². The van der Waals surface area contributed by atoms with E-state index in [1.807, 2.05) is 6.92 Å². The van der Waals surface area contributed by atoms with Crippen molar-refractivity contribution >= 4 is 5.97 Å². The highest BCUT2D eigenvalue weighted by molar-refractivity contribution is 5.77. The number of aromatic nitrogens is 2. The van der Waals surface area contributed by atoms with E-state index in [4.69, 9.17) is 9.26 Å². The monoisotopic (exact) mass is 322 g/mol. The first-order valence-electron chi connectivity index (χ1n) is 8.61. The molecule has 0 spiro atoms. The molecule has 0 radical (unpaired) electrons. The molecule has 7 heteroatoms. The van der Waals surface area contributed by atoms with Crippen molar-refractivity contribution in [2.75, 3.05) is 26.2 Å². The first-order valence-corrected chi connectivity index (χ1v) is 8.61. The van der Waals surface area contributed by atoms with Crippen molar-refractivity contribution < 1.29 is 14.1 Å². The number of likely N-dealkylation sites (tertiary alicyclic amines) is 1. The number of rotatable bonds is 5. The third-order valence-corrected chi connectivity index (χ3v) is 4.92. The molecule has 0 aromatic carbocycles. The van der Waals surface area contributed by atoms with Gasteiger partial charge in [-0.2, -0.15) is 4.98 Å². The van der Waals surface area contributed by atoms with E-state index in [9.17, 15) is 4.79 Å². The number of carbonyl (C=O) groups is 1. The Morgan fingerprint density at radius 1 is 1.30 bits per heavy atom. The smallest absolute Gasteiger partial charge is 0.323 e. The molecule has 2 saturated heterocycles. The Balaban J connectivity index is 1.58. The van der Waals surface area contributed by atoms with Gasteiger partial charge in [-0.25, -0.2) is 0 Å². The van der Waals surface area contributed by atoms with Crippen LogP contribution >= 0.6 is 0 Å². The van der Waals surface area contributed by atoms with Gasteiger partial charge in [-0.15, -0.1) is 0 Å². The molecule has 1 aromatic rings. The lowest BCUT2D eigenvalue weighted by atomic mass is 10.1. The molecule has 0 aliphatic carbocycles. The van der Waals surface area contributed by atoms with Crippen molar-refractivity contribution in [1.82, 2.24) is 19.9 Å². The van der Waals surface area contributed by atoms with Gasteiger partial charge >= 0.3 is 5.97 Å². The summed E-state index contributed by atoms with van der Waals surface area (Å²) in [5.41, 5.74) is 0. The number of hydrogen-bond acceptors (Lipinski definition) is 7. The van der Waals surface area contributed by atoms with Crippen LogP contribution in [0.15, 0.2) is 4.52 Å². The van der Waals surface area contributed by atoms with Crippen LogP contribution in [0.3, 0.4) is 0 Å². The van der Waals surface area contributed by atoms with Gasteiger partial charge in [0.05, 0.1) is 13.2 Å². The topological polar surface area (TPSA) is 71.7 Å². The van der Waals surface area contributed by atoms with Crippen molar-refractivity contribution in [3.8, 4) is 0 Å². The average Bonchev–Trinajstić information content (AvgIpc) is 3.06. The zero-order chi connectivity index (χ0) is 16.2. The standard InChI is InChI=1S/C16H26N4O3/c1-3-19(11-15-17-12(2)23-18-15)13-5-4-8-20(9-6-13)14-7-10-22-16(14)21/h13-14H,3-11H2,1-2H3. The van der Waals surface area contributed by atoms with E-state index in [1.54, 1.807) is 0 Å². The maximum absolute atomic E-state index is 11.8. The SMILES string of the molecule is CCN(Cc1noc(C)n1)C1CCCN(C2CCOC2=O)CC1. The predicted octanol–water partition coefficient (Wildman–Crippen LogP) is 1.37. The summed E-state index contributed by atoms with van der Waals surface area (Å²) < 4.78 is 10.2. The number of carbonyl (C=O) groups excluding carboxylic acids is 1. The zero-order valence-electron chi connectivity index (χ0n) is 14.0. The predicted molar refractivity (Wildman–Crippen MR) is 83.7 cm³/mol. The first kappa shape index (κ1) is 16.4.